The van der Waals surface area contributed by atoms with Crippen molar-refractivity contribution in [3.63, 3.8) is 0 Å². The normalized spacial score (nSPS) is 11.4. The van der Waals surface area contributed by atoms with Crippen molar-refractivity contribution in [3.05, 3.63) is 46.5 Å². The molecule has 0 heterocycles. The Morgan fingerprint density at radius 3 is 2.71 bits per heavy atom. The van der Waals surface area contributed by atoms with E-state index in [1.807, 2.05) is 32.0 Å². The lowest BCUT2D eigenvalue weighted by Gasteiger charge is -2.03. The van der Waals surface area contributed by atoms with E-state index in [2.05, 4.69) is 4.79 Å². The summed E-state index contributed by atoms with van der Waals surface area (Å²) in [5.41, 5.74) is 12.0. The Labute approximate surface area is 101 Å². The first-order chi connectivity index (χ1) is 7.96. The van der Waals surface area contributed by atoms with Crippen molar-refractivity contribution in [3.8, 4) is 0 Å². The number of rotatable bonds is 4. The van der Waals surface area contributed by atoms with E-state index in [0.29, 0.717) is 5.55 Å². The van der Waals surface area contributed by atoms with Crippen LogP contribution in [-0.2, 0) is 9.84 Å². The fourth-order valence-electron chi connectivity index (χ4n) is 1.38. The van der Waals surface area contributed by atoms with Crippen LogP contribution in [0.4, 0.5) is 0 Å². The summed E-state index contributed by atoms with van der Waals surface area (Å²) in [6.07, 6.45) is 3.30. The quantitative estimate of drug-likeness (QED) is 0.355. The van der Waals surface area contributed by atoms with Gasteiger partial charge in [0.2, 0.25) is 9.84 Å². The minimum atomic E-state index is -3.45. The first-order valence-electron chi connectivity index (χ1n) is 5.09. The van der Waals surface area contributed by atoms with Gasteiger partial charge in [-0.15, -0.1) is 0 Å². The van der Waals surface area contributed by atoms with Gasteiger partial charge in [0.25, 0.3) is 0 Å². The molecule has 4 nitrogen and oxygen atoms in total. The van der Waals surface area contributed by atoms with Gasteiger partial charge in [0, 0.05) is 0 Å². The van der Waals surface area contributed by atoms with Crippen LogP contribution in [0, 0.1) is 13.8 Å². The molecule has 0 amide bonds. The molecule has 0 fully saturated rings. The van der Waals surface area contributed by atoms with Crippen molar-refractivity contribution in [2.45, 2.75) is 13.8 Å². The fraction of sp³-hybridized carbons (Fsp3) is 0.250. The maximum absolute atomic E-state index is 11.2. The molecule has 0 bridgehead atoms. The van der Waals surface area contributed by atoms with Crippen molar-refractivity contribution >= 4 is 21.5 Å². The number of benzene rings is 1. The van der Waals surface area contributed by atoms with Crippen LogP contribution in [0.2, 0.25) is 0 Å². The zero-order valence-corrected chi connectivity index (χ0v) is 10.6. The van der Waals surface area contributed by atoms with E-state index in [1.165, 1.54) is 0 Å². The van der Waals surface area contributed by atoms with Crippen LogP contribution in [0.5, 0.6) is 0 Å². The molecule has 0 atom stereocenters. The lowest BCUT2D eigenvalue weighted by molar-refractivity contribution is 0.00756. The number of nitrogens with zero attached hydrogens (tertiary/aromatic N) is 2. The van der Waals surface area contributed by atoms with E-state index >= 15 is 0 Å². The summed E-state index contributed by atoms with van der Waals surface area (Å²) in [5, 5.41) is 0. The first-order valence-corrected chi connectivity index (χ1v) is 6.81. The topological polar surface area (TPSA) is 70.5 Å². The predicted octanol–water partition coefficient (Wildman–Crippen LogP) is 1.99. The number of sulfone groups is 1. The molecule has 90 valence electrons. The molecule has 1 aromatic rings. The van der Waals surface area contributed by atoms with Gasteiger partial charge in [-0.3, -0.25) is 0 Å². The van der Waals surface area contributed by atoms with Gasteiger partial charge in [-0.2, -0.15) is 4.79 Å². The molecule has 0 saturated heterocycles. The fourth-order valence-corrected chi connectivity index (χ4v) is 1.97. The lowest BCUT2D eigenvalue weighted by Crippen LogP contribution is -2.05. The van der Waals surface area contributed by atoms with Gasteiger partial charge in [0.05, 0.1) is 5.75 Å². The van der Waals surface area contributed by atoms with Gasteiger partial charge >= 0.3 is 5.55 Å². The predicted molar refractivity (Wildman–Crippen MR) is 68.4 cm³/mol. The van der Waals surface area contributed by atoms with Crippen LogP contribution in [0.25, 0.3) is 11.6 Å². The minimum Gasteiger partial charge on any atom is -0.361 e. The SMILES string of the molecule is Cc1cccc(C=CCS(=O)(=O)C=[N+]=[N-])c1C. The molecule has 1 rings (SSSR count). The molecule has 0 spiro atoms. The second-order valence-corrected chi connectivity index (χ2v) is 5.61. The average molecular weight is 250 g/mol. The van der Waals surface area contributed by atoms with Crippen molar-refractivity contribution in [1.29, 1.82) is 0 Å². The van der Waals surface area contributed by atoms with Crippen LogP contribution in [0.3, 0.4) is 0 Å². The number of hydrogen-bond donors (Lipinski definition) is 0. The molecule has 0 N–H and O–H groups in total. The van der Waals surface area contributed by atoms with Gasteiger partial charge in [-0.1, -0.05) is 30.4 Å². The van der Waals surface area contributed by atoms with E-state index in [1.54, 1.807) is 12.2 Å². The zero-order valence-electron chi connectivity index (χ0n) is 9.79. The maximum atomic E-state index is 11.2. The van der Waals surface area contributed by atoms with Gasteiger partial charge in [0.1, 0.15) is 0 Å². The molecule has 0 unspecified atom stereocenters. The summed E-state index contributed by atoms with van der Waals surface area (Å²) >= 11 is 0. The van der Waals surface area contributed by atoms with Crippen LogP contribution in [0.15, 0.2) is 24.3 Å². The monoisotopic (exact) mass is 250 g/mol. The molecule has 0 aliphatic rings. The van der Waals surface area contributed by atoms with E-state index in [4.69, 9.17) is 5.53 Å². The summed E-state index contributed by atoms with van der Waals surface area (Å²) < 4.78 is 22.4. The third-order valence-corrected chi connectivity index (χ3v) is 3.55. The lowest BCUT2D eigenvalue weighted by atomic mass is 10.0. The largest absolute Gasteiger partial charge is 0.370 e. The third-order valence-electron chi connectivity index (χ3n) is 2.48. The Balaban J connectivity index is 2.86. The highest BCUT2D eigenvalue weighted by Crippen LogP contribution is 2.14. The molecule has 0 aliphatic heterocycles. The molecule has 0 radical (unpaired) electrons. The Morgan fingerprint density at radius 1 is 1.35 bits per heavy atom. The Bertz CT molecular complexity index is 583. The van der Waals surface area contributed by atoms with Gasteiger partial charge in [-0.25, -0.2) is 8.42 Å². The minimum absolute atomic E-state index is 0.176. The highest BCUT2D eigenvalue weighted by atomic mass is 32.2. The summed E-state index contributed by atoms with van der Waals surface area (Å²) in [7, 11) is -3.45. The standard InChI is InChI=1S/C12H14N2O2S/c1-10-5-3-6-12(11(10)2)7-4-8-17(15,16)9-14-13/h3-7,9H,8H2,1-2H3. The van der Waals surface area contributed by atoms with E-state index < -0.39 is 9.84 Å². The maximum Gasteiger partial charge on any atom is 0.370 e. The van der Waals surface area contributed by atoms with Crippen molar-refractivity contribution in [1.82, 2.24) is 0 Å². The molecule has 1 aromatic carbocycles. The smallest absolute Gasteiger partial charge is 0.361 e. The van der Waals surface area contributed by atoms with Crippen molar-refractivity contribution in [2.75, 3.05) is 5.75 Å². The molecule has 17 heavy (non-hydrogen) atoms. The van der Waals surface area contributed by atoms with Gasteiger partial charge < -0.3 is 5.53 Å². The van der Waals surface area contributed by atoms with Crippen LogP contribution in [-0.4, -0.2) is 24.5 Å². The summed E-state index contributed by atoms with van der Waals surface area (Å²) in [5.74, 6) is -0.176. The van der Waals surface area contributed by atoms with E-state index in [0.717, 1.165) is 16.7 Å². The molecule has 0 aromatic heterocycles. The Morgan fingerprint density at radius 2 is 2.06 bits per heavy atom. The highest BCUT2D eigenvalue weighted by Gasteiger charge is 2.08. The molecular weight excluding hydrogens is 236 g/mol. The molecule has 0 aliphatic carbocycles. The second-order valence-electron chi connectivity index (χ2n) is 3.74. The van der Waals surface area contributed by atoms with Crippen LogP contribution < -0.4 is 0 Å². The summed E-state index contributed by atoms with van der Waals surface area (Å²) in [6, 6.07) is 5.85. The molecular formula is C12H14N2O2S. The van der Waals surface area contributed by atoms with Crippen molar-refractivity contribution in [2.24, 2.45) is 0 Å². The van der Waals surface area contributed by atoms with Gasteiger partial charge in [0.15, 0.2) is 0 Å². The Hall–Kier alpha value is -1.71. The van der Waals surface area contributed by atoms with Crippen molar-refractivity contribution < 1.29 is 13.2 Å². The third kappa shape index (κ3) is 3.98. The molecule has 5 heteroatoms. The zero-order chi connectivity index (χ0) is 12.9. The first kappa shape index (κ1) is 13.4. The average Bonchev–Trinajstić information content (AvgIpc) is 2.24. The van der Waals surface area contributed by atoms with Gasteiger partial charge in [-0.05, 0) is 30.5 Å². The summed E-state index contributed by atoms with van der Waals surface area (Å²) in [4.78, 5) is 2.52. The highest BCUT2D eigenvalue weighted by molar-refractivity contribution is 8.04. The van der Waals surface area contributed by atoms with Crippen LogP contribution >= 0.6 is 0 Å². The number of hydrogen-bond acceptors (Lipinski definition) is 2. The van der Waals surface area contributed by atoms with Crippen LogP contribution in [0.1, 0.15) is 16.7 Å². The van der Waals surface area contributed by atoms with E-state index in [9.17, 15) is 8.42 Å². The molecule has 0 saturated carbocycles. The second kappa shape index (κ2) is 5.57. The Kier molecular flexibility index (Phi) is 4.37. The summed E-state index contributed by atoms with van der Waals surface area (Å²) in [6.45, 7) is 3.99. The number of aryl methyl sites for hydroxylation is 1. The van der Waals surface area contributed by atoms with E-state index in [-0.39, 0.29) is 5.75 Å².